The van der Waals surface area contributed by atoms with Gasteiger partial charge in [-0.05, 0) is 50.5 Å². The van der Waals surface area contributed by atoms with Gasteiger partial charge in [-0.25, -0.2) is 4.98 Å². The SMILES string of the molecule is CCc1cccc(C)c1NC(=O)c1cccc(C(=O)N(CC)CC)n1. The van der Waals surface area contributed by atoms with Crippen LogP contribution in [-0.4, -0.2) is 34.8 Å². The molecule has 1 aromatic heterocycles. The van der Waals surface area contributed by atoms with Crippen LogP contribution in [0.1, 0.15) is 52.9 Å². The van der Waals surface area contributed by atoms with E-state index in [4.69, 9.17) is 0 Å². The Morgan fingerprint density at radius 1 is 1.00 bits per heavy atom. The summed E-state index contributed by atoms with van der Waals surface area (Å²) >= 11 is 0. The number of aromatic nitrogens is 1. The second-order valence-corrected chi connectivity index (χ2v) is 5.80. The molecular formula is C20H25N3O2. The summed E-state index contributed by atoms with van der Waals surface area (Å²) in [7, 11) is 0. The van der Waals surface area contributed by atoms with Gasteiger partial charge in [0.25, 0.3) is 11.8 Å². The minimum atomic E-state index is -0.307. The summed E-state index contributed by atoms with van der Waals surface area (Å²) in [6.07, 6.45) is 0.825. The van der Waals surface area contributed by atoms with Crippen LogP contribution in [0.3, 0.4) is 0 Å². The monoisotopic (exact) mass is 339 g/mol. The summed E-state index contributed by atoms with van der Waals surface area (Å²) in [5.41, 5.74) is 3.42. The van der Waals surface area contributed by atoms with E-state index in [0.717, 1.165) is 23.2 Å². The lowest BCUT2D eigenvalue weighted by molar-refractivity contribution is 0.0767. The molecule has 0 fully saturated rings. The Bertz CT molecular complexity index is 767. The second-order valence-electron chi connectivity index (χ2n) is 5.80. The van der Waals surface area contributed by atoms with Crippen molar-refractivity contribution in [1.82, 2.24) is 9.88 Å². The molecule has 0 saturated carbocycles. The van der Waals surface area contributed by atoms with Gasteiger partial charge in [-0.1, -0.05) is 31.2 Å². The van der Waals surface area contributed by atoms with E-state index >= 15 is 0 Å². The van der Waals surface area contributed by atoms with Crippen molar-refractivity contribution in [1.29, 1.82) is 0 Å². The van der Waals surface area contributed by atoms with Gasteiger partial charge in [0.1, 0.15) is 11.4 Å². The maximum Gasteiger partial charge on any atom is 0.274 e. The molecule has 2 amide bonds. The van der Waals surface area contributed by atoms with E-state index in [1.807, 2.05) is 45.9 Å². The van der Waals surface area contributed by atoms with Gasteiger partial charge in [-0.2, -0.15) is 0 Å². The molecule has 0 bridgehead atoms. The number of nitrogens with zero attached hydrogens (tertiary/aromatic N) is 2. The quantitative estimate of drug-likeness (QED) is 0.873. The summed E-state index contributed by atoms with van der Waals surface area (Å²) in [6, 6.07) is 10.9. The third-order valence-corrected chi connectivity index (χ3v) is 4.23. The Balaban J connectivity index is 2.27. The smallest absolute Gasteiger partial charge is 0.274 e. The summed E-state index contributed by atoms with van der Waals surface area (Å²) in [6.45, 7) is 9.06. The molecule has 0 unspecified atom stereocenters. The lowest BCUT2D eigenvalue weighted by Crippen LogP contribution is -2.31. The fourth-order valence-electron chi connectivity index (χ4n) is 2.73. The average Bonchev–Trinajstić information content (AvgIpc) is 2.64. The molecule has 0 atom stereocenters. The maximum absolute atomic E-state index is 12.6. The Hall–Kier alpha value is -2.69. The molecule has 0 radical (unpaired) electrons. The molecule has 2 rings (SSSR count). The minimum Gasteiger partial charge on any atom is -0.338 e. The molecule has 0 saturated heterocycles. The van der Waals surface area contributed by atoms with Gasteiger partial charge in [0.15, 0.2) is 0 Å². The van der Waals surface area contributed by atoms with E-state index < -0.39 is 0 Å². The lowest BCUT2D eigenvalue weighted by Gasteiger charge is -2.18. The van der Waals surface area contributed by atoms with Crippen molar-refractivity contribution in [2.75, 3.05) is 18.4 Å². The number of anilines is 1. The van der Waals surface area contributed by atoms with Crippen molar-refractivity contribution in [3.05, 3.63) is 58.9 Å². The van der Waals surface area contributed by atoms with Gasteiger partial charge < -0.3 is 10.2 Å². The second kappa shape index (κ2) is 8.42. The molecule has 1 heterocycles. The van der Waals surface area contributed by atoms with E-state index in [1.54, 1.807) is 23.1 Å². The molecule has 1 aromatic carbocycles. The Kier molecular flexibility index (Phi) is 6.28. The summed E-state index contributed by atoms with van der Waals surface area (Å²) in [5.74, 6) is -0.469. The zero-order valence-electron chi connectivity index (χ0n) is 15.3. The van der Waals surface area contributed by atoms with Crippen LogP contribution in [0.5, 0.6) is 0 Å². The van der Waals surface area contributed by atoms with Gasteiger partial charge in [0, 0.05) is 18.8 Å². The lowest BCUT2D eigenvalue weighted by atomic mass is 10.1. The number of rotatable bonds is 6. The Morgan fingerprint density at radius 3 is 2.28 bits per heavy atom. The predicted octanol–water partition coefficient (Wildman–Crippen LogP) is 3.69. The highest BCUT2D eigenvalue weighted by molar-refractivity contribution is 6.04. The first-order chi connectivity index (χ1) is 12.0. The van der Waals surface area contributed by atoms with Crippen LogP contribution < -0.4 is 5.32 Å². The number of pyridine rings is 1. The summed E-state index contributed by atoms with van der Waals surface area (Å²) < 4.78 is 0. The van der Waals surface area contributed by atoms with E-state index in [1.165, 1.54) is 0 Å². The van der Waals surface area contributed by atoms with Crippen molar-refractivity contribution < 1.29 is 9.59 Å². The molecular weight excluding hydrogens is 314 g/mol. The number of hydrogen-bond acceptors (Lipinski definition) is 3. The van der Waals surface area contributed by atoms with Gasteiger partial charge in [0.2, 0.25) is 0 Å². The van der Waals surface area contributed by atoms with Crippen LogP contribution in [0.4, 0.5) is 5.69 Å². The van der Waals surface area contributed by atoms with Crippen LogP contribution in [-0.2, 0) is 6.42 Å². The number of amides is 2. The van der Waals surface area contributed by atoms with E-state index in [9.17, 15) is 9.59 Å². The van der Waals surface area contributed by atoms with Gasteiger partial charge in [0.05, 0.1) is 0 Å². The molecule has 5 nitrogen and oxygen atoms in total. The predicted molar refractivity (Wildman–Crippen MR) is 100.0 cm³/mol. The summed E-state index contributed by atoms with van der Waals surface area (Å²) in [4.78, 5) is 31.0. The first-order valence-electron chi connectivity index (χ1n) is 8.67. The number of benzene rings is 1. The molecule has 25 heavy (non-hydrogen) atoms. The Morgan fingerprint density at radius 2 is 1.64 bits per heavy atom. The maximum atomic E-state index is 12.6. The molecule has 0 aliphatic carbocycles. The van der Waals surface area contributed by atoms with Crippen molar-refractivity contribution in [3.8, 4) is 0 Å². The molecule has 0 aliphatic heterocycles. The minimum absolute atomic E-state index is 0.162. The molecule has 132 valence electrons. The fourth-order valence-corrected chi connectivity index (χ4v) is 2.73. The number of hydrogen-bond donors (Lipinski definition) is 1. The van der Waals surface area contributed by atoms with Crippen LogP contribution in [0.25, 0.3) is 0 Å². The van der Waals surface area contributed by atoms with Crippen molar-refractivity contribution in [3.63, 3.8) is 0 Å². The average molecular weight is 339 g/mol. The Labute approximate surface area is 149 Å². The number of para-hydroxylation sites is 1. The topological polar surface area (TPSA) is 62.3 Å². The zero-order chi connectivity index (χ0) is 18.4. The van der Waals surface area contributed by atoms with E-state index in [0.29, 0.717) is 13.1 Å². The van der Waals surface area contributed by atoms with Gasteiger partial charge in [-0.3, -0.25) is 9.59 Å². The standard InChI is InChI=1S/C20H25N3O2/c1-5-15-11-8-10-14(4)18(15)22-19(24)16-12-9-13-17(21-16)20(25)23(6-2)7-3/h8-13H,5-7H2,1-4H3,(H,22,24). The van der Waals surface area contributed by atoms with Crippen molar-refractivity contribution >= 4 is 17.5 Å². The normalized spacial score (nSPS) is 10.4. The number of carbonyl (C=O) groups excluding carboxylic acids is 2. The third-order valence-electron chi connectivity index (χ3n) is 4.23. The van der Waals surface area contributed by atoms with Crippen LogP contribution >= 0.6 is 0 Å². The summed E-state index contributed by atoms with van der Waals surface area (Å²) in [5, 5.41) is 2.94. The molecule has 2 aromatic rings. The van der Waals surface area contributed by atoms with Crippen molar-refractivity contribution in [2.45, 2.75) is 34.1 Å². The molecule has 0 aliphatic rings. The molecule has 1 N–H and O–H groups in total. The first kappa shape index (κ1) is 18.6. The highest BCUT2D eigenvalue weighted by atomic mass is 16.2. The third kappa shape index (κ3) is 4.24. The molecule has 5 heteroatoms. The largest absolute Gasteiger partial charge is 0.338 e. The number of aryl methyl sites for hydroxylation is 2. The van der Waals surface area contributed by atoms with Crippen LogP contribution in [0, 0.1) is 6.92 Å². The fraction of sp³-hybridized carbons (Fsp3) is 0.350. The van der Waals surface area contributed by atoms with Crippen LogP contribution in [0.2, 0.25) is 0 Å². The highest BCUT2D eigenvalue weighted by Gasteiger charge is 2.17. The van der Waals surface area contributed by atoms with Gasteiger partial charge >= 0.3 is 0 Å². The van der Waals surface area contributed by atoms with E-state index in [-0.39, 0.29) is 23.2 Å². The molecule has 0 spiro atoms. The first-order valence-corrected chi connectivity index (χ1v) is 8.67. The van der Waals surface area contributed by atoms with Crippen LogP contribution in [0.15, 0.2) is 36.4 Å². The van der Waals surface area contributed by atoms with Crippen molar-refractivity contribution in [2.24, 2.45) is 0 Å². The van der Waals surface area contributed by atoms with E-state index in [2.05, 4.69) is 10.3 Å². The highest BCUT2D eigenvalue weighted by Crippen LogP contribution is 2.21. The zero-order valence-corrected chi connectivity index (χ0v) is 15.3. The number of carbonyl (C=O) groups is 2. The number of nitrogens with one attached hydrogen (secondary N) is 1. The van der Waals surface area contributed by atoms with Gasteiger partial charge in [-0.15, -0.1) is 0 Å².